The predicted molar refractivity (Wildman–Crippen MR) is 120 cm³/mol. The number of carbonyl (C=O) groups excluding carboxylic acids is 3. The molecule has 1 aliphatic heterocycles. The summed E-state index contributed by atoms with van der Waals surface area (Å²) in [6.45, 7) is 7.84. The SMILES string of the molecule is CCOc1ccccc1/C=C1/SC(=O)N(CC(=O)Nc2c(C)cc(C)cc2C)C1=O. The van der Waals surface area contributed by atoms with Crippen molar-refractivity contribution in [1.29, 1.82) is 0 Å². The van der Waals surface area contributed by atoms with Gasteiger partial charge in [0.05, 0.1) is 11.5 Å². The quantitative estimate of drug-likeness (QED) is 0.681. The van der Waals surface area contributed by atoms with Gasteiger partial charge in [-0.1, -0.05) is 35.9 Å². The zero-order valence-electron chi connectivity index (χ0n) is 17.4. The molecule has 2 aromatic carbocycles. The lowest BCUT2D eigenvalue weighted by atomic mass is 10.1. The Bertz CT molecular complexity index is 1020. The lowest BCUT2D eigenvalue weighted by Crippen LogP contribution is -2.36. The zero-order chi connectivity index (χ0) is 21.8. The standard InChI is InChI=1S/C23H24N2O4S/c1-5-29-18-9-7-6-8-17(18)12-19-22(27)25(23(28)30-19)13-20(26)24-21-15(3)10-14(2)11-16(21)4/h6-12H,5,13H2,1-4H3,(H,24,26)/b19-12+. The number of nitrogens with one attached hydrogen (secondary N) is 1. The van der Waals surface area contributed by atoms with Crippen LogP contribution in [0.5, 0.6) is 5.75 Å². The van der Waals surface area contributed by atoms with Gasteiger partial charge in [-0.25, -0.2) is 0 Å². The molecule has 1 fully saturated rings. The van der Waals surface area contributed by atoms with Crippen molar-refractivity contribution in [2.45, 2.75) is 27.7 Å². The van der Waals surface area contributed by atoms with Crippen LogP contribution in [0, 0.1) is 20.8 Å². The summed E-state index contributed by atoms with van der Waals surface area (Å²) >= 11 is 0.823. The topological polar surface area (TPSA) is 75.7 Å². The molecular formula is C23H24N2O4S. The summed E-state index contributed by atoms with van der Waals surface area (Å²) in [7, 11) is 0. The van der Waals surface area contributed by atoms with Crippen molar-refractivity contribution in [3.63, 3.8) is 0 Å². The van der Waals surface area contributed by atoms with E-state index >= 15 is 0 Å². The van der Waals surface area contributed by atoms with Crippen LogP contribution >= 0.6 is 11.8 Å². The predicted octanol–water partition coefficient (Wildman–Crippen LogP) is 4.69. The van der Waals surface area contributed by atoms with Crippen molar-refractivity contribution in [2.24, 2.45) is 0 Å². The molecule has 3 amide bonds. The molecule has 0 spiro atoms. The number of hydrogen-bond donors (Lipinski definition) is 1. The van der Waals surface area contributed by atoms with Gasteiger partial charge in [-0.2, -0.15) is 0 Å². The van der Waals surface area contributed by atoms with Gasteiger partial charge in [-0.05, 0) is 62.7 Å². The Labute approximate surface area is 180 Å². The first-order chi connectivity index (χ1) is 14.3. The number of imide groups is 1. The van der Waals surface area contributed by atoms with Crippen molar-refractivity contribution >= 4 is 40.6 Å². The van der Waals surface area contributed by atoms with Gasteiger partial charge in [0.2, 0.25) is 5.91 Å². The van der Waals surface area contributed by atoms with Crippen LogP contribution in [-0.4, -0.2) is 35.1 Å². The summed E-state index contributed by atoms with van der Waals surface area (Å²) in [5, 5.41) is 2.37. The van der Waals surface area contributed by atoms with Crippen LogP contribution in [0.2, 0.25) is 0 Å². The normalized spacial score (nSPS) is 15.1. The van der Waals surface area contributed by atoms with E-state index in [1.54, 1.807) is 12.1 Å². The Morgan fingerprint density at radius 2 is 1.80 bits per heavy atom. The van der Waals surface area contributed by atoms with Gasteiger partial charge in [0.25, 0.3) is 11.1 Å². The third kappa shape index (κ3) is 4.74. The first kappa shape index (κ1) is 21.6. The number of aryl methyl sites for hydroxylation is 3. The number of nitrogens with zero attached hydrogens (tertiary/aromatic N) is 1. The van der Waals surface area contributed by atoms with Crippen molar-refractivity contribution in [3.05, 3.63) is 63.6 Å². The second-order valence-electron chi connectivity index (χ2n) is 7.06. The summed E-state index contributed by atoms with van der Waals surface area (Å²) in [5.74, 6) is -0.262. The fourth-order valence-electron chi connectivity index (χ4n) is 3.36. The number of benzene rings is 2. The second kappa shape index (κ2) is 9.17. The van der Waals surface area contributed by atoms with Gasteiger partial charge < -0.3 is 10.1 Å². The maximum Gasteiger partial charge on any atom is 0.294 e. The lowest BCUT2D eigenvalue weighted by Gasteiger charge is -2.16. The first-order valence-corrected chi connectivity index (χ1v) is 10.5. The van der Waals surface area contributed by atoms with Crippen LogP contribution in [0.3, 0.4) is 0 Å². The van der Waals surface area contributed by atoms with Crippen molar-refractivity contribution < 1.29 is 19.1 Å². The minimum atomic E-state index is -0.483. The summed E-state index contributed by atoms with van der Waals surface area (Å²) in [5.41, 5.74) is 4.38. The maximum atomic E-state index is 12.8. The van der Waals surface area contributed by atoms with E-state index in [2.05, 4.69) is 5.32 Å². The van der Waals surface area contributed by atoms with Crippen LogP contribution < -0.4 is 10.1 Å². The molecular weight excluding hydrogens is 400 g/mol. The number of rotatable bonds is 6. The zero-order valence-corrected chi connectivity index (χ0v) is 18.3. The summed E-state index contributed by atoms with van der Waals surface area (Å²) in [6, 6.07) is 11.2. The molecule has 0 saturated carbocycles. The molecule has 0 atom stereocenters. The van der Waals surface area contributed by atoms with Gasteiger partial charge in [-0.15, -0.1) is 0 Å². The smallest absolute Gasteiger partial charge is 0.294 e. The van der Waals surface area contributed by atoms with E-state index in [4.69, 9.17) is 4.74 Å². The monoisotopic (exact) mass is 424 g/mol. The molecule has 7 heteroatoms. The third-order valence-electron chi connectivity index (χ3n) is 4.62. The van der Waals surface area contributed by atoms with Crippen molar-refractivity contribution in [2.75, 3.05) is 18.5 Å². The van der Waals surface area contributed by atoms with Gasteiger partial charge >= 0.3 is 0 Å². The van der Waals surface area contributed by atoms with E-state index in [0.29, 0.717) is 23.6 Å². The van der Waals surface area contributed by atoms with Crippen molar-refractivity contribution in [3.8, 4) is 5.75 Å². The molecule has 6 nitrogen and oxygen atoms in total. The Balaban J connectivity index is 1.75. The molecule has 1 saturated heterocycles. The van der Waals surface area contributed by atoms with Gasteiger partial charge in [0.15, 0.2) is 0 Å². The van der Waals surface area contributed by atoms with Crippen LogP contribution in [0.1, 0.15) is 29.2 Å². The van der Waals surface area contributed by atoms with E-state index < -0.39 is 17.1 Å². The molecule has 3 rings (SSSR count). The van der Waals surface area contributed by atoms with Gasteiger partial charge in [0, 0.05) is 11.3 Å². The highest BCUT2D eigenvalue weighted by Gasteiger charge is 2.36. The number of para-hydroxylation sites is 1. The minimum Gasteiger partial charge on any atom is -0.493 e. The van der Waals surface area contributed by atoms with Crippen LogP contribution in [0.4, 0.5) is 10.5 Å². The number of amides is 3. The molecule has 1 aliphatic rings. The number of anilines is 1. The Kier molecular flexibility index (Phi) is 6.62. The molecule has 0 unspecified atom stereocenters. The van der Waals surface area contributed by atoms with Crippen LogP contribution in [0.25, 0.3) is 6.08 Å². The third-order valence-corrected chi connectivity index (χ3v) is 5.53. The Hall–Kier alpha value is -3.06. The number of ether oxygens (including phenoxy) is 1. The average molecular weight is 425 g/mol. The summed E-state index contributed by atoms with van der Waals surface area (Å²) in [6.07, 6.45) is 1.63. The number of hydrogen-bond acceptors (Lipinski definition) is 5. The van der Waals surface area contributed by atoms with E-state index in [9.17, 15) is 14.4 Å². The largest absolute Gasteiger partial charge is 0.493 e. The highest BCUT2D eigenvalue weighted by atomic mass is 32.2. The number of carbonyl (C=O) groups is 3. The molecule has 2 aromatic rings. The van der Waals surface area contributed by atoms with Crippen molar-refractivity contribution in [1.82, 2.24) is 4.90 Å². The molecule has 30 heavy (non-hydrogen) atoms. The molecule has 0 radical (unpaired) electrons. The van der Waals surface area contributed by atoms with Gasteiger partial charge in [0.1, 0.15) is 12.3 Å². The molecule has 156 valence electrons. The van der Waals surface area contributed by atoms with E-state index in [1.807, 2.05) is 58.0 Å². The highest BCUT2D eigenvalue weighted by Crippen LogP contribution is 2.34. The van der Waals surface area contributed by atoms with Crippen LogP contribution in [0.15, 0.2) is 41.3 Å². The molecule has 0 aromatic heterocycles. The van der Waals surface area contributed by atoms with Crippen LogP contribution in [-0.2, 0) is 9.59 Å². The van der Waals surface area contributed by atoms with E-state index in [1.165, 1.54) is 0 Å². The molecule has 1 heterocycles. The first-order valence-electron chi connectivity index (χ1n) is 9.65. The Morgan fingerprint density at radius 1 is 1.13 bits per heavy atom. The maximum absolute atomic E-state index is 12.8. The average Bonchev–Trinajstić information content (AvgIpc) is 2.94. The highest BCUT2D eigenvalue weighted by molar-refractivity contribution is 8.18. The fraction of sp³-hybridized carbons (Fsp3) is 0.261. The van der Waals surface area contributed by atoms with E-state index in [-0.39, 0.29) is 11.4 Å². The summed E-state index contributed by atoms with van der Waals surface area (Å²) < 4.78 is 5.57. The Morgan fingerprint density at radius 3 is 2.47 bits per heavy atom. The minimum absolute atomic E-state index is 0.266. The van der Waals surface area contributed by atoms with Gasteiger partial charge in [-0.3, -0.25) is 19.3 Å². The fourth-order valence-corrected chi connectivity index (χ4v) is 4.19. The second-order valence-corrected chi connectivity index (χ2v) is 8.05. The number of thioether (sulfide) groups is 1. The summed E-state index contributed by atoms with van der Waals surface area (Å²) in [4.78, 5) is 38.9. The van der Waals surface area contributed by atoms with E-state index in [0.717, 1.165) is 33.4 Å². The lowest BCUT2D eigenvalue weighted by molar-refractivity contribution is -0.127. The molecule has 0 aliphatic carbocycles. The molecule has 1 N–H and O–H groups in total. The molecule has 0 bridgehead atoms.